The molecule has 1 aromatic rings. The van der Waals surface area contributed by atoms with E-state index in [4.69, 9.17) is 0 Å². The first-order chi connectivity index (χ1) is 9.54. The third-order valence-corrected chi connectivity index (χ3v) is 4.28. The highest BCUT2D eigenvalue weighted by atomic mass is 79.9. The fourth-order valence-electron chi connectivity index (χ4n) is 2.65. The monoisotopic (exact) mass is 345 g/mol. The van der Waals surface area contributed by atoms with Crippen LogP contribution >= 0.6 is 15.9 Å². The summed E-state index contributed by atoms with van der Waals surface area (Å²) >= 11 is 3.40. The summed E-state index contributed by atoms with van der Waals surface area (Å²) in [7, 11) is 0. The van der Waals surface area contributed by atoms with Crippen molar-refractivity contribution in [2.45, 2.75) is 26.2 Å². The van der Waals surface area contributed by atoms with Crippen molar-refractivity contribution in [2.24, 2.45) is 5.92 Å². The van der Waals surface area contributed by atoms with E-state index >= 15 is 0 Å². The molecule has 1 heterocycles. The Labute approximate surface area is 126 Å². The van der Waals surface area contributed by atoms with E-state index in [9.17, 15) is 13.6 Å². The molecule has 0 aromatic heterocycles. The van der Waals surface area contributed by atoms with Crippen LogP contribution in [0.5, 0.6) is 0 Å². The van der Waals surface area contributed by atoms with E-state index in [1.807, 2.05) is 0 Å². The molecule has 1 amide bonds. The largest absolute Gasteiger partial charge is 0.338 e. The molecule has 20 heavy (non-hydrogen) atoms. The molecule has 1 aliphatic heterocycles. The lowest BCUT2D eigenvalue weighted by Crippen LogP contribution is -2.40. The molecule has 0 aliphatic carbocycles. The maximum atomic E-state index is 14.0. The summed E-state index contributed by atoms with van der Waals surface area (Å²) in [6.07, 6.45) is 2.93. The van der Waals surface area contributed by atoms with Gasteiger partial charge in [0.25, 0.3) is 5.91 Å². The Hall–Kier alpha value is -0.970. The number of aryl methyl sites for hydroxylation is 1. The second kappa shape index (κ2) is 6.66. The standard InChI is InChI=1S/C15H18BrF2NO/c1-10-4-5-12(17)13(14(10)18)15(20)19-8-2-3-11(9-19)6-7-16/h4-5,11H,2-3,6-9H2,1H3. The molecule has 2 rings (SSSR count). The van der Waals surface area contributed by atoms with Crippen LogP contribution in [-0.4, -0.2) is 29.2 Å². The molecule has 0 spiro atoms. The van der Waals surface area contributed by atoms with Crippen molar-refractivity contribution < 1.29 is 13.6 Å². The number of halogens is 3. The van der Waals surface area contributed by atoms with Crippen LogP contribution in [0.15, 0.2) is 12.1 Å². The van der Waals surface area contributed by atoms with Gasteiger partial charge in [-0.25, -0.2) is 8.78 Å². The first-order valence-corrected chi connectivity index (χ1v) is 7.96. The van der Waals surface area contributed by atoms with Crippen LogP contribution in [0, 0.1) is 24.5 Å². The number of hydrogen-bond acceptors (Lipinski definition) is 1. The number of nitrogens with zero attached hydrogens (tertiary/aromatic N) is 1. The van der Waals surface area contributed by atoms with Gasteiger partial charge in [0.05, 0.1) is 0 Å². The van der Waals surface area contributed by atoms with Crippen molar-refractivity contribution in [2.75, 3.05) is 18.4 Å². The summed E-state index contributed by atoms with van der Waals surface area (Å²) in [5, 5.41) is 0.882. The van der Waals surface area contributed by atoms with E-state index in [1.165, 1.54) is 13.0 Å². The number of carbonyl (C=O) groups excluding carboxylic acids is 1. The highest BCUT2D eigenvalue weighted by Gasteiger charge is 2.28. The summed E-state index contributed by atoms with van der Waals surface area (Å²) in [6, 6.07) is 2.51. The fourth-order valence-corrected chi connectivity index (χ4v) is 3.30. The quantitative estimate of drug-likeness (QED) is 0.760. The molecule has 1 saturated heterocycles. The number of piperidine rings is 1. The number of amides is 1. The highest BCUT2D eigenvalue weighted by Crippen LogP contribution is 2.24. The topological polar surface area (TPSA) is 20.3 Å². The van der Waals surface area contributed by atoms with E-state index in [0.29, 0.717) is 24.6 Å². The molecular formula is C15H18BrF2NO. The van der Waals surface area contributed by atoms with Crippen LogP contribution in [0.3, 0.4) is 0 Å². The maximum Gasteiger partial charge on any atom is 0.259 e. The second-order valence-corrected chi connectivity index (χ2v) is 6.08. The molecular weight excluding hydrogens is 328 g/mol. The third-order valence-electron chi connectivity index (χ3n) is 3.82. The van der Waals surface area contributed by atoms with Gasteiger partial charge in [0.2, 0.25) is 0 Å². The SMILES string of the molecule is Cc1ccc(F)c(C(=O)N2CCCC(CCBr)C2)c1F. The first-order valence-electron chi connectivity index (χ1n) is 6.84. The van der Waals surface area contributed by atoms with Gasteiger partial charge in [0, 0.05) is 18.4 Å². The number of alkyl halides is 1. The van der Waals surface area contributed by atoms with E-state index in [-0.39, 0.29) is 0 Å². The zero-order chi connectivity index (χ0) is 14.7. The van der Waals surface area contributed by atoms with Gasteiger partial charge in [0.1, 0.15) is 17.2 Å². The molecule has 1 fully saturated rings. The number of hydrogen-bond donors (Lipinski definition) is 0. The smallest absolute Gasteiger partial charge is 0.259 e. The Morgan fingerprint density at radius 1 is 1.45 bits per heavy atom. The van der Waals surface area contributed by atoms with Crippen LogP contribution in [0.2, 0.25) is 0 Å². The number of rotatable bonds is 3. The van der Waals surface area contributed by atoms with Gasteiger partial charge in [-0.15, -0.1) is 0 Å². The molecule has 0 N–H and O–H groups in total. The molecule has 0 radical (unpaired) electrons. The van der Waals surface area contributed by atoms with Crippen molar-refractivity contribution in [1.82, 2.24) is 4.90 Å². The zero-order valence-electron chi connectivity index (χ0n) is 11.5. The molecule has 1 unspecified atom stereocenters. The predicted octanol–water partition coefficient (Wildman–Crippen LogP) is 3.91. The summed E-state index contributed by atoms with van der Waals surface area (Å²) < 4.78 is 27.8. The van der Waals surface area contributed by atoms with Crippen molar-refractivity contribution >= 4 is 21.8 Å². The van der Waals surface area contributed by atoms with E-state index < -0.39 is 23.1 Å². The Morgan fingerprint density at radius 2 is 2.20 bits per heavy atom. The first kappa shape index (κ1) is 15.4. The molecule has 0 bridgehead atoms. The summed E-state index contributed by atoms with van der Waals surface area (Å²) in [4.78, 5) is 14.0. The Kier molecular flexibility index (Phi) is 5.13. The molecule has 110 valence electrons. The van der Waals surface area contributed by atoms with Gasteiger partial charge in [-0.05, 0) is 43.7 Å². The Balaban J connectivity index is 2.21. The summed E-state index contributed by atoms with van der Waals surface area (Å²) in [5.74, 6) is -1.63. The Bertz CT molecular complexity index is 505. The van der Waals surface area contributed by atoms with Crippen LogP contribution in [0.25, 0.3) is 0 Å². The minimum atomic E-state index is -0.777. The Morgan fingerprint density at radius 3 is 2.90 bits per heavy atom. The van der Waals surface area contributed by atoms with Gasteiger partial charge < -0.3 is 4.90 Å². The van der Waals surface area contributed by atoms with Gasteiger partial charge in [-0.3, -0.25) is 4.79 Å². The average Bonchev–Trinajstić information content (AvgIpc) is 2.44. The van der Waals surface area contributed by atoms with Gasteiger partial charge in [-0.1, -0.05) is 22.0 Å². The van der Waals surface area contributed by atoms with Crippen LogP contribution in [-0.2, 0) is 0 Å². The summed E-state index contributed by atoms with van der Waals surface area (Å²) in [5.41, 5.74) is -0.117. The molecule has 5 heteroatoms. The highest BCUT2D eigenvalue weighted by molar-refractivity contribution is 9.09. The van der Waals surface area contributed by atoms with Gasteiger partial charge >= 0.3 is 0 Å². The van der Waals surface area contributed by atoms with Crippen LogP contribution < -0.4 is 0 Å². The maximum absolute atomic E-state index is 14.0. The molecule has 1 atom stereocenters. The fraction of sp³-hybridized carbons (Fsp3) is 0.533. The van der Waals surface area contributed by atoms with Gasteiger partial charge in [0.15, 0.2) is 0 Å². The average molecular weight is 346 g/mol. The number of benzene rings is 1. The molecule has 0 saturated carbocycles. The lowest BCUT2D eigenvalue weighted by molar-refractivity contribution is 0.0662. The number of likely N-dealkylation sites (tertiary alicyclic amines) is 1. The number of carbonyl (C=O) groups is 1. The minimum absolute atomic E-state index is 0.295. The minimum Gasteiger partial charge on any atom is -0.338 e. The van der Waals surface area contributed by atoms with E-state index in [2.05, 4.69) is 15.9 Å². The lowest BCUT2D eigenvalue weighted by Gasteiger charge is -2.32. The van der Waals surface area contributed by atoms with Crippen LogP contribution in [0.4, 0.5) is 8.78 Å². The van der Waals surface area contributed by atoms with Crippen molar-refractivity contribution in [3.63, 3.8) is 0 Å². The van der Waals surface area contributed by atoms with Crippen molar-refractivity contribution in [3.05, 3.63) is 34.9 Å². The molecule has 1 aromatic carbocycles. The zero-order valence-corrected chi connectivity index (χ0v) is 13.1. The normalized spacial score (nSPS) is 19.2. The van der Waals surface area contributed by atoms with Crippen molar-refractivity contribution in [3.8, 4) is 0 Å². The molecule has 1 aliphatic rings. The second-order valence-electron chi connectivity index (χ2n) is 5.29. The van der Waals surface area contributed by atoms with E-state index in [0.717, 1.165) is 30.7 Å². The predicted molar refractivity (Wildman–Crippen MR) is 78.1 cm³/mol. The van der Waals surface area contributed by atoms with Gasteiger partial charge in [-0.2, -0.15) is 0 Å². The van der Waals surface area contributed by atoms with Crippen LogP contribution in [0.1, 0.15) is 35.2 Å². The van der Waals surface area contributed by atoms with E-state index in [1.54, 1.807) is 4.90 Å². The van der Waals surface area contributed by atoms with Crippen molar-refractivity contribution in [1.29, 1.82) is 0 Å². The molecule has 2 nitrogen and oxygen atoms in total. The lowest BCUT2D eigenvalue weighted by atomic mass is 9.95. The summed E-state index contributed by atoms with van der Waals surface area (Å²) in [6.45, 7) is 2.69. The third kappa shape index (κ3) is 3.19.